The van der Waals surface area contributed by atoms with Gasteiger partial charge in [0.2, 0.25) is 5.91 Å². The van der Waals surface area contributed by atoms with Crippen LogP contribution in [0.5, 0.6) is 0 Å². The molecular weight excluding hydrogens is 310 g/mol. The predicted molar refractivity (Wildman–Crippen MR) is 77.4 cm³/mol. The Labute approximate surface area is 124 Å². The van der Waals surface area contributed by atoms with Crippen molar-refractivity contribution in [1.29, 1.82) is 0 Å². The number of thioether (sulfide) groups is 1. The summed E-state index contributed by atoms with van der Waals surface area (Å²) in [5.74, 6) is -0.296. The van der Waals surface area contributed by atoms with Crippen LogP contribution in [0, 0.1) is 5.82 Å². The number of carbonyl (C=O) groups is 1. The minimum absolute atomic E-state index is 0.0833. The van der Waals surface area contributed by atoms with Crippen molar-refractivity contribution in [3.05, 3.63) is 34.6 Å². The van der Waals surface area contributed by atoms with E-state index in [1.54, 1.807) is 12.1 Å². The van der Waals surface area contributed by atoms with Gasteiger partial charge in [-0.05, 0) is 12.1 Å². The molecule has 0 spiro atoms. The Balaban J connectivity index is 2.05. The van der Waals surface area contributed by atoms with E-state index in [1.165, 1.54) is 22.7 Å². The van der Waals surface area contributed by atoms with E-state index in [4.69, 9.17) is 23.2 Å². The van der Waals surface area contributed by atoms with Crippen LogP contribution in [0.15, 0.2) is 23.2 Å². The third-order valence-corrected chi connectivity index (χ3v) is 4.25. The third kappa shape index (κ3) is 3.41. The standard InChI is InChI=1S/C12H11Cl2FN2OS/c13-6-11(18)17-5-4-16-12(17)19-7-8-9(14)2-1-3-10(8)15/h1-3H,4-7H2. The molecule has 0 aromatic heterocycles. The van der Waals surface area contributed by atoms with Crippen LogP contribution < -0.4 is 0 Å². The van der Waals surface area contributed by atoms with Crippen LogP contribution in [-0.4, -0.2) is 34.9 Å². The maximum Gasteiger partial charge on any atom is 0.243 e. The fourth-order valence-electron chi connectivity index (χ4n) is 1.66. The molecular formula is C12H11Cl2FN2OS. The minimum atomic E-state index is -0.353. The molecule has 0 saturated carbocycles. The molecule has 1 aliphatic heterocycles. The van der Waals surface area contributed by atoms with E-state index in [9.17, 15) is 9.18 Å². The summed E-state index contributed by atoms with van der Waals surface area (Å²) in [6.45, 7) is 1.08. The highest BCUT2D eigenvalue weighted by Gasteiger charge is 2.23. The minimum Gasteiger partial charge on any atom is -0.289 e. The largest absolute Gasteiger partial charge is 0.289 e. The van der Waals surface area contributed by atoms with Gasteiger partial charge in [-0.1, -0.05) is 29.4 Å². The zero-order chi connectivity index (χ0) is 13.8. The van der Waals surface area contributed by atoms with Crippen LogP contribution in [0.1, 0.15) is 5.56 Å². The number of hydrogen-bond donors (Lipinski definition) is 0. The molecule has 0 saturated heterocycles. The average Bonchev–Trinajstić information content (AvgIpc) is 2.85. The van der Waals surface area contributed by atoms with E-state index in [1.807, 2.05) is 0 Å². The topological polar surface area (TPSA) is 32.7 Å². The van der Waals surface area contributed by atoms with Gasteiger partial charge in [0, 0.05) is 22.9 Å². The fourth-order valence-corrected chi connectivity index (χ4v) is 3.21. The van der Waals surface area contributed by atoms with Crippen molar-refractivity contribution >= 4 is 46.0 Å². The molecule has 0 radical (unpaired) electrons. The second-order valence-electron chi connectivity index (χ2n) is 3.83. The Morgan fingerprint density at radius 2 is 2.32 bits per heavy atom. The number of amidine groups is 1. The van der Waals surface area contributed by atoms with E-state index in [0.29, 0.717) is 34.6 Å². The summed E-state index contributed by atoms with van der Waals surface area (Å²) in [5, 5.41) is 0.950. The van der Waals surface area contributed by atoms with Gasteiger partial charge in [-0.25, -0.2) is 4.39 Å². The Bertz CT molecular complexity index is 504. The smallest absolute Gasteiger partial charge is 0.243 e. The summed E-state index contributed by atoms with van der Waals surface area (Å²) in [6.07, 6.45) is 0. The van der Waals surface area contributed by atoms with E-state index < -0.39 is 0 Å². The molecule has 0 bridgehead atoms. The maximum atomic E-state index is 13.6. The van der Waals surface area contributed by atoms with Crippen LogP contribution in [0.25, 0.3) is 0 Å². The Morgan fingerprint density at radius 1 is 1.53 bits per heavy atom. The van der Waals surface area contributed by atoms with Gasteiger partial charge in [0.25, 0.3) is 0 Å². The van der Waals surface area contributed by atoms with Gasteiger partial charge in [0.15, 0.2) is 5.17 Å². The lowest BCUT2D eigenvalue weighted by molar-refractivity contribution is -0.124. The number of hydrogen-bond acceptors (Lipinski definition) is 3. The van der Waals surface area contributed by atoms with Crippen LogP contribution in [0.3, 0.4) is 0 Å². The van der Waals surface area contributed by atoms with Gasteiger partial charge in [0.1, 0.15) is 11.7 Å². The number of alkyl halides is 1. The van der Waals surface area contributed by atoms with Crippen molar-refractivity contribution in [2.75, 3.05) is 19.0 Å². The average molecular weight is 321 g/mol. The SMILES string of the molecule is O=C(CCl)N1CCN=C1SCc1c(F)cccc1Cl. The first-order chi connectivity index (χ1) is 9.13. The molecule has 0 atom stereocenters. The monoisotopic (exact) mass is 320 g/mol. The van der Waals surface area contributed by atoms with Crippen LogP contribution in [-0.2, 0) is 10.5 Å². The lowest BCUT2D eigenvalue weighted by Crippen LogP contribution is -2.33. The summed E-state index contributed by atoms with van der Waals surface area (Å²) in [6, 6.07) is 4.56. The first-order valence-electron chi connectivity index (χ1n) is 5.60. The Morgan fingerprint density at radius 3 is 3.00 bits per heavy atom. The molecule has 0 N–H and O–H groups in total. The Kier molecular flexibility index (Phi) is 5.07. The van der Waals surface area contributed by atoms with E-state index in [0.717, 1.165) is 0 Å². The first-order valence-corrected chi connectivity index (χ1v) is 7.49. The van der Waals surface area contributed by atoms with Crippen molar-refractivity contribution in [1.82, 2.24) is 4.90 Å². The molecule has 1 aromatic carbocycles. The van der Waals surface area contributed by atoms with Crippen molar-refractivity contribution in [2.24, 2.45) is 4.99 Å². The molecule has 0 fully saturated rings. The molecule has 1 heterocycles. The molecule has 19 heavy (non-hydrogen) atoms. The normalized spacial score (nSPS) is 14.7. The summed E-state index contributed by atoms with van der Waals surface area (Å²) in [5.41, 5.74) is 0.419. The molecule has 0 aliphatic carbocycles. The number of benzene rings is 1. The summed E-state index contributed by atoms with van der Waals surface area (Å²) in [4.78, 5) is 17.3. The molecule has 1 aliphatic rings. The number of rotatable bonds is 3. The van der Waals surface area contributed by atoms with Crippen molar-refractivity contribution in [2.45, 2.75) is 5.75 Å². The van der Waals surface area contributed by atoms with Crippen LogP contribution >= 0.6 is 35.0 Å². The zero-order valence-corrected chi connectivity index (χ0v) is 12.2. The van der Waals surface area contributed by atoms with Crippen molar-refractivity contribution in [3.63, 3.8) is 0 Å². The van der Waals surface area contributed by atoms with Crippen molar-refractivity contribution < 1.29 is 9.18 Å². The molecule has 7 heteroatoms. The number of aliphatic imine (C=N–C) groups is 1. The highest BCUT2D eigenvalue weighted by atomic mass is 35.5. The number of nitrogens with zero attached hydrogens (tertiary/aromatic N) is 2. The molecule has 1 aromatic rings. The summed E-state index contributed by atoms with van der Waals surface area (Å²) < 4.78 is 13.6. The molecule has 3 nitrogen and oxygen atoms in total. The zero-order valence-electron chi connectivity index (χ0n) is 9.91. The molecule has 0 unspecified atom stereocenters. The second-order valence-corrected chi connectivity index (χ2v) is 5.45. The lowest BCUT2D eigenvalue weighted by Gasteiger charge is -2.16. The number of carbonyl (C=O) groups excluding carboxylic acids is 1. The van der Waals surface area contributed by atoms with Gasteiger partial charge >= 0.3 is 0 Å². The third-order valence-electron chi connectivity index (χ3n) is 2.62. The molecule has 1 amide bonds. The lowest BCUT2D eigenvalue weighted by atomic mass is 10.2. The first kappa shape index (κ1) is 14.6. The highest BCUT2D eigenvalue weighted by molar-refractivity contribution is 8.13. The van der Waals surface area contributed by atoms with Crippen LogP contribution in [0.4, 0.5) is 4.39 Å². The van der Waals surface area contributed by atoms with Crippen molar-refractivity contribution in [3.8, 4) is 0 Å². The molecule has 2 rings (SSSR count). The van der Waals surface area contributed by atoms with Gasteiger partial charge in [-0.3, -0.25) is 14.7 Å². The van der Waals surface area contributed by atoms with E-state index in [2.05, 4.69) is 4.99 Å². The van der Waals surface area contributed by atoms with E-state index in [-0.39, 0.29) is 17.6 Å². The number of amides is 1. The Hall–Kier alpha value is -0.780. The van der Waals surface area contributed by atoms with Crippen LogP contribution in [0.2, 0.25) is 5.02 Å². The second kappa shape index (κ2) is 6.59. The quantitative estimate of drug-likeness (QED) is 0.801. The van der Waals surface area contributed by atoms with Gasteiger partial charge in [-0.15, -0.1) is 11.6 Å². The molecule has 102 valence electrons. The fraction of sp³-hybridized carbons (Fsp3) is 0.333. The summed E-state index contributed by atoms with van der Waals surface area (Å²) in [7, 11) is 0. The van der Waals surface area contributed by atoms with E-state index >= 15 is 0 Å². The predicted octanol–water partition coefficient (Wildman–Crippen LogP) is 3.15. The maximum absolute atomic E-state index is 13.6. The van der Waals surface area contributed by atoms with Gasteiger partial charge in [-0.2, -0.15) is 0 Å². The van der Waals surface area contributed by atoms with Gasteiger partial charge < -0.3 is 0 Å². The highest BCUT2D eigenvalue weighted by Crippen LogP contribution is 2.26. The number of halogens is 3. The van der Waals surface area contributed by atoms with Gasteiger partial charge in [0.05, 0.1) is 6.54 Å². The summed E-state index contributed by atoms with van der Waals surface area (Å²) >= 11 is 12.8.